The summed E-state index contributed by atoms with van der Waals surface area (Å²) in [5, 5.41) is 4.35. The van der Waals surface area contributed by atoms with Gasteiger partial charge in [0, 0.05) is 27.6 Å². The van der Waals surface area contributed by atoms with Crippen molar-refractivity contribution in [1.29, 1.82) is 0 Å². The SMILES string of the molecule is C[C@H](CCc1ccccc1)NCc1cc(Br)ccc1OCc1cccc(Cl)c1. The standard InChI is InChI=1S/C24H25BrClNO/c1-18(10-11-19-6-3-2-4-7-19)27-16-21-15-22(25)12-13-24(21)28-17-20-8-5-9-23(26)14-20/h2-9,12-15,18,27H,10-11,16-17H2,1H3/t18-/m1/s1. The fraction of sp³-hybridized carbons (Fsp3) is 0.250. The zero-order chi connectivity index (χ0) is 19.8. The van der Waals surface area contributed by atoms with Gasteiger partial charge in [0.1, 0.15) is 12.4 Å². The highest BCUT2D eigenvalue weighted by molar-refractivity contribution is 9.10. The second-order valence-electron chi connectivity index (χ2n) is 6.98. The molecule has 1 N–H and O–H groups in total. The first-order valence-electron chi connectivity index (χ1n) is 9.53. The van der Waals surface area contributed by atoms with Gasteiger partial charge in [-0.15, -0.1) is 0 Å². The fourth-order valence-corrected chi connectivity index (χ4v) is 3.65. The zero-order valence-electron chi connectivity index (χ0n) is 16.0. The Morgan fingerprint density at radius 3 is 2.54 bits per heavy atom. The molecule has 28 heavy (non-hydrogen) atoms. The van der Waals surface area contributed by atoms with Crippen molar-refractivity contribution in [3.63, 3.8) is 0 Å². The lowest BCUT2D eigenvalue weighted by Gasteiger charge is -2.17. The van der Waals surface area contributed by atoms with Crippen molar-refractivity contribution in [2.45, 2.75) is 39.0 Å². The van der Waals surface area contributed by atoms with Crippen molar-refractivity contribution in [2.24, 2.45) is 0 Å². The molecule has 4 heteroatoms. The lowest BCUT2D eigenvalue weighted by Crippen LogP contribution is -2.26. The van der Waals surface area contributed by atoms with Gasteiger partial charge >= 0.3 is 0 Å². The second kappa shape index (κ2) is 10.7. The van der Waals surface area contributed by atoms with Crippen LogP contribution in [-0.4, -0.2) is 6.04 Å². The Morgan fingerprint density at radius 2 is 1.75 bits per heavy atom. The summed E-state index contributed by atoms with van der Waals surface area (Å²) in [7, 11) is 0. The number of nitrogens with one attached hydrogen (secondary N) is 1. The molecule has 1 atom stereocenters. The van der Waals surface area contributed by atoms with Crippen LogP contribution in [0, 0.1) is 0 Å². The molecule has 0 saturated carbocycles. The number of halogens is 2. The molecule has 0 heterocycles. The van der Waals surface area contributed by atoms with E-state index in [2.05, 4.69) is 64.6 Å². The lowest BCUT2D eigenvalue weighted by molar-refractivity contribution is 0.301. The lowest BCUT2D eigenvalue weighted by atomic mass is 10.1. The zero-order valence-corrected chi connectivity index (χ0v) is 18.3. The summed E-state index contributed by atoms with van der Waals surface area (Å²) in [6.07, 6.45) is 2.17. The summed E-state index contributed by atoms with van der Waals surface area (Å²) in [5.41, 5.74) is 3.58. The molecule has 0 saturated heterocycles. The average molecular weight is 459 g/mol. The highest BCUT2D eigenvalue weighted by Crippen LogP contribution is 2.25. The Morgan fingerprint density at radius 1 is 0.964 bits per heavy atom. The van der Waals surface area contributed by atoms with Gasteiger partial charge in [-0.2, -0.15) is 0 Å². The Bertz CT molecular complexity index is 885. The van der Waals surface area contributed by atoms with Crippen LogP contribution >= 0.6 is 27.5 Å². The molecule has 0 unspecified atom stereocenters. The normalized spacial score (nSPS) is 12.0. The molecule has 0 amide bonds. The van der Waals surface area contributed by atoms with Crippen LogP contribution < -0.4 is 10.1 Å². The summed E-state index contributed by atoms with van der Waals surface area (Å²) >= 11 is 9.63. The van der Waals surface area contributed by atoms with E-state index in [1.807, 2.05) is 36.4 Å². The van der Waals surface area contributed by atoms with E-state index < -0.39 is 0 Å². The summed E-state index contributed by atoms with van der Waals surface area (Å²) < 4.78 is 7.13. The predicted octanol–water partition coefficient (Wildman–Crippen LogP) is 6.79. The highest BCUT2D eigenvalue weighted by Gasteiger charge is 2.08. The maximum Gasteiger partial charge on any atom is 0.124 e. The predicted molar refractivity (Wildman–Crippen MR) is 121 cm³/mol. The van der Waals surface area contributed by atoms with E-state index in [-0.39, 0.29) is 0 Å². The summed E-state index contributed by atoms with van der Waals surface area (Å²) in [5.74, 6) is 0.894. The molecular weight excluding hydrogens is 434 g/mol. The molecular formula is C24H25BrClNO. The van der Waals surface area contributed by atoms with Crippen molar-refractivity contribution in [2.75, 3.05) is 0 Å². The van der Waals surface area contributed by atoms with Crippen molar-refractivity contribution in [3.8, 4) is 5.75 Å². The van der Waals surface area contributed by atoms with Crippen LogP contribution in [0.5, 0.6) is 5.75 Å². The van der Waals surface area contributed by atoms with Crippen LogP contribution in [0.4, 0.5) is 0 Å². The minimum atomic E-state index is 0.417. The fourth-order valence-electron chi connectivity index (χ4n) is 3.03. The van der Waals surface area contributed by atoms with Crippen molar-refractivity contribution < 1.29 is 4.74 Å². The van der Waals surface area contributed by atoms with Crippen LogP contribution in [0.1, 0.15) is 30.0 Å². The number of hydrogen-bond donors (Lipinski definition) is 1. The topological polar surface area (TPSA) is 21.3 Å². The van der Waals surface area contributed by atoms with E-state index in [1.54, 1.807) is 0 Å². The third-order valence-corrected chi connectivity index (χ3v) is 5.38. The van der Waals surface area contributed by atoms with E-state index in [0.717, 1.165) is 45.8 Å². The van der Waals surface area contributed by atoms with Crippen LogP contribution in [0.3, 0.4) is 0 Å². The maximum atomic E-state index is 6.08. The average Bonchev–Trinajstić information content (AvgIpc) is 2.71. The molecule has 3 rings (SSSR count). The molecule has 0 fully saturated rings. The Kier molecular flexibility index (Phi) is 7.96. The molecule has 0 spiro atoms. The molecule has 0 aliphatic heterocycles. The number of ether oxygens (including phenoxy) is 1. The van der Waals surface area contributed by atoms with Gasteiger partial charge < -0.3 is 10.1 Å². The van der Waals surface area contributed by atoms with Gasteiger partial charge in [-0.05, 0) is 61.2 Å². The molecule has 146 valence electrons. The molecule has 0 radical (unpaired) electrons. The van der Waals surface area contributed by atoms with E-state index in [0.29, 0.717) is 12.6 Å². The van der Waals surface area contributed by atoms with Crippen molar-refractivity contribution >= 4 is 27.5 Å². The number of benzene rings is 3. The number of aryl methyl sites for hydroxylation is 1. The number of rotatable bonds is 9. The molecule has 0 aliphatic rings. The van der Waals surface area contributed by atoms with Crippen LogP contribution in [0.25, 0.3) is 0 Å². The first kappa shape index (κ1) is 20.9. The van der Waals surface area contributed by atoms with E-state index in [1.165, 1.54) is 5.56 Å². The van der Waals surface area contributed by atoms with Crippen LogP contribution in [0.2, 0.25) is 5.02 Å². The maximum absolute atomic E-state index is 6.08. The van der Waals surface area contributed by atoms with Crippen molar-refractivity contribution in [3.05, 3.63) is 99.0 Å². The molecule has 0 bridgehead atoms. The molecule has 0 aromatic heterocycles. The molecule has 2 nitrogen and oxygen atoms in total. The molecule has 3 aromatic carbocycles. The first-order valence-corrected chi connectivity index (χ1v) is 10.7. The van der Waals surface area contributed by atoms with Crippen LogP contribution in [-0.2, 0) is 19.6 Å². The van der Waals surface area contributed by atoms with Crippen molar-refractivity contribution in [1.82, 2.24) is 5.32 Å². The third kappa shape index (κ3) is 6.66. The Labute approximate surface area is 181 Å². The van der Waals surface area contributed by atoms with Crippen LogP contribution in [0.15, 0.2) is 77.3 Å². The van der Waals surface area contributed by atoms with Gasteiger partial charge in [-0.25, -0.2) is 0 Å². The third-order valence-electron chi connectivity index (χ3n) is 4.66. The first-order chi connectivity index (χ1) is 13.6. The summed E-state index contributed by atoms with van der Waals surface area (Å²) in [6, 6.07) is 24.9. The van der Waals surface area contributed by atoms with E-state index in [9.17, 15) is 0 Å². The Hall–Kier alpha value is -1.81. The minimum Gasteiger partial charge on any atom is -0.489 e. The van der Waals surface area contributed by atoms with E-state index in [4.69, 9.17) is 16.3 Å². The summed E-state index contributed by atoms with van der Waals surface area (Å²) in [4.78, 5) is 0. The Balaban J connectivity index is 1.56. The highest BCUT2D eigenvalue weighted by atomic mass is 79.9. The second-order valence-corrected chi connectivity index (χ2v) is 8.33. The largest absolute Gasteiger partial charge is 0.489 e. The minimum absolute atomic E-state index is 0.417. The van der Waals surface area contributed by atoms with Gasteiger partial charge in [0.05, 0.1) is 0 Å². The van der Waals surface area contributed by atoms with Gasteiger partial charge in [-0.3, -0.25) is 0 Å². The number of hydrogen-bond acceptors (Lipinski definition) is 2. The monoisotopic (exact) mass is 457 g/mol. The van der Waals surface area contributed by atoms with Gasteiger partial charge in [0.25, 0.3) is 0 Å². The summed E-state index contributed by atoms with van der Waals surface area (Å²) in [6.45, 7) is 3.49. The quantitative estimate of drug-likeness (QED) is 0.381. The van der Waals surface area contributed by atoms with E-state index >= 15 is 0 Å². The van der Waals surface area contributed by atoms with Gasteiger partial charge in [0.15, 0.2) is 0 Å². The molecule has 0 aliphatic carbocycles. The van der Waals surface area contributed by atoms with Gasteiger partial charge in [-0.1, -0.05) is 70.0 Å². The molecule has 3 aromatic rings. The smallest absolute Gasteiger partial charge is 0.124 e. The van der Waals surface area contributed by atoms with Gasteiger partial charge in [0.2, 0.25) is 0 Å².